The largest absolute Gasteiger partial charge is 0.370 e. The smallest absolute Gasteiger partial charge is 0.330 e. The van der Waals surface area contributed by atoms with Crippen LogP contribution in [0.15, 0.2) is 21.9 Å². The number of aromatic nitrogens is 2. The topological polar surface area (TPSA) is 73.3 Å². The fraction of sp³-hybridized carbons (Fsp3) is 0.667. The summed E-state index contributed by atoms with van der Waals surface area (Å²) in [6.45, 7) is 4.71. The number of fused-ring (bicyclic) bond motifs is 2. The van der Waals surface area contributed by atoms with E-state index in [9.17, 15) is 9.59 Å². The van der Waals surface area contributed by atoms with Crippen LogP contribution in [0.3, 0.4) is 0 Å². The van der Waals surface area contributed by atoms with Gasteiger partial charge in [0.2, 0.25) is 0 Å². The summed E-state index contributed by atoms with van der Waals surface area (Å²) in [7, 11) is 0. The van der Waals surface area contributed by atoms with Gasteiger partial charge in [-0.1, -0.05) is 13.8 Å². The first-order chi connectivity index (χ1) is 8.57. The van der Waals surface area contributed by atoms with Crippen molar-refractivity contribution < 1.29 is 9.47 Å². The maximum atomic E-state index is 11.8. The van der Waals surface area contributed by atoms with E-state index in [0.29, 0.717) is 6.61 Å². The molecule has 2 saturated heterocycles. The molecule has 0 amide bonds. The minimum Gasteiger partial charge on any atom is -0.370 e. The van der Waals surface area contributed by atoms with Crippen LogP contribution in [0.1, 0.15) is 26.5 Å². The number of nitrogens with zero attached hydrogens (tertiary/aromatic N) is 1. The third-order valence-electron chi connectivity index (χ3n) is 4.20. The Labute approximate surface area is 104 Å². The lowest BCUT2D eigenvalue weighted by Crippen LogP contribution is -2.40. The van der Waals surface area contributed by atoms with Crippen LogP contribution in [0.4, 0.5) is 0 Å². The molecule has 18 heavy (non-hydrogen) atoms. The first-order valence-corrected chi connectivity index (χ1v) is 6.18. The van der Waals surface area contributed by atoms with E-state index in [2.05, 4.69) is 18.8 Å². The van der Waals surface area contributed by atoms with Crippen molar-refractivity contribution in [3.63, 3.8) is 0 Å². The Kier molecular flexibility index (Phi) is 2.46. The van der Waals surface area contributed by atoms with E-state index < -0.39 is 17.5 Å². The molecule has 2 aliphatic rings. The van der Waals surface area contributed by atoms with Crippen molar-refractivity contribution in [2.75, 3.05) is 6.61 Å². The minimum absolute atomic E-state index is 0.131. The highest BCUT2D eigenvalue weighted by atomic mass is 16.6. The summed E-state index contributed by atoms with van der Waals surface area (Å²) in [5, 5.41) is 0. The molecule has 3 heterocycles. The highest BCUT2D eigenvalue weighted by molar-refractivity contribution is 5.04. The lowest BCUT2D eigenvalue weighted by molar-refractivity contribution is -0.174. The number of hydrogen-bond acceptors (Lipinski definition) is 4. The average Bonchev–Trinajstić information content (AvgIpc) is 2.81. The number of hydrogen-bond donors (Lipinski definition) is 1. The lowest BCUT2D eigenvalue weighted by atomic mass is 9.88. The van der Waals surface area contributed by atoms with Crippen molar-refractivity contribution in [3.8, 4) is 0 Å². The zero-order chi connectivity index (χ0) is 12.9. The number of ether oxygens (including phenoxy) is 2. The standard InChI is InChI=1S/C12H16N2O4/c1-3-12-6-17-9(7(12)2)10(18-12)14-5-4-8(15)13-11(14)16/h4-5,7,9-10H,3,6H2,1-2H3,(H,13,15,16)/t7-,9?,10-,12+/m1/s1. The molecule has 1 N–H and O–H groups in total. The summed E-state index contributed by atoms with van der Waals surface area (Å²) in [6.07, 6.45) is 1.73. The van der Waals surface area contributed by atoms with Crippen LogP contribution < -0.4 is 11.2 Å². The molecule has 0 saturated carbocycles. The second kappa shape index (κ2) is 3.80. The third-order valence-corrected chi connectivity index (χ3v) is 4.20. The van der Waals surface area contributed by atoms with E-state index in [1.807, 2.05) is 0 Å². The SMILES string of the molecule is CC[C@@]12COC([C@H](n3ccc(=O)[nH]c3=O)O1)[C@H]2C. The monoisotopic (exact) mass is 252 g/mol. The molecule has 6 heteroatoms. The highest BCUT2D eigenvalue weighted by Crippen LogP contribution is 2.49. The molecule has 2 bridgehead atoms. The fourth-order valence-electron chi connectivity index (χ4n) is 2.94. The van der Waals surface area contributed by atoms with Gasteiger partial charge in [0.15, 0.2) is 6.23 Å². The molecule has 4 atom stereocenters. The molecule has 0 aliphatic carbocycles. The fourth-order valence-corrected chi connectivity index (χ4v) is 2.94. The van der Waals surface area contributed by atoms with Crippen molar-refractivity contribution in [1.29, 1.82) is 0 Å². The number of aromatic amines is 1. The summed E-state index contributed by atoms with van der Waals surface area (Å²) in [5.74, 6) is 0.242. The van der Waals surface area contributed by atoms with Crippen molar-refractivity contribution in [2.45, 2.75) is 38.2 Å². The van der Waals surface area contributed by atoms with E-state index in [-0.39, 0.29) is 17.6 Å². The molecule has 2 aliphatic heterocycles. The summed E-state index contributed by atoms with van der Waals surface area (Å²) in [5.41, 5.74) is -1.16. The van der Waals surface area contributed by atoms with Gasteiger partial charge in [-0.3, -0.25) is 14.3 Å². The van der Waals surface area contributed by atoms with E-state index in [0.717, 1.165) is 6.42 Å². The molecule has 98 valence electrons. The quantitative estimate of drug-likeness (QED) is 0.818. The molecule has 0 spiro atoms. The van der Waals surface area contributed by atoms with E-state index >= 15 is 0 Å². The Morgan fingerprint density at radius 3 is 2.94 bits per heavy atom. The Balaban J connectivity index is 2.01. The van der Waals surface area contributed by atoms with Gasteiger partial charge in [-0.05, 0) is 6.42 Å². The average molecular weight is 252 g/mol. The van der Waals surface area contributed by atoms with Crippen LogP contribution in [0.25, 0.3) is 0 Å². The van der Waals surface area contributed by atoms with Crippen LogP contribution >= 0.6 is 0 Å². The molecule has 2 fully saturated rings. The van der Waals surface area contributed by atoms with Gasteiger partial charge in [-0.15, -0.1) is 0 Å². The van der Waals surface area contributed by atoms with Crippen molar-refractivity contribution in [3.05, 3.63) is 33.1 Å². The van der Waals surface area contributed by atoms with Gasteiger partial charge in [0, 0.05) is 18.2 Å². The molecule has 0 aromatic carbocycles. The normalized spacial score (nSPS) is 38.2. The van der Waals surface area contributed by atoms with Crippen LogP contribution in [0, 0.1) is 5.92 Å². The molecule has 1 aromatic heterocycles. The zero-order valence-corrected chi connectivity index (χ0v) is 10.4. The Morgan fingerprint density at radius 1 is 1.56 bits per heavy atom. The molecule has 0 radical (unpaired) electrons. The summed E-state index contributed by atoms with van der Waals surface area (Å²) < 4.78 is 13.2. The van der Waals surface area contributed by atoms with E-state index in [1.165, 1.54) is 16.8 Å². The minimum atomic E-state index is -0.456. The second-order valence-corrected chi connectivity index (χ2v) is 5.01. The number of rotatable bonds is 2. The van der Waals surface area contributed by atoms with Crippen molar-refractivity contribution in [2.24, 2.45) is 5.92 Å². The summed E-state index contributed by atoms with van der Waals surface area (Å²) in [6, 6.07) is 1.32. The third kappa shape index (κ3) is 1.42. The molecule has 3 rings (SSSR count). The number of nitrogens with one attached hydrogen (secondary N) is 1. The van der Waals surface area contributed by atoms with Crippen LogP contribution in [0.2, 0.25) is 0 Å². The first kappa shape index (κ1) is 11.7. The van der Waals surface area contributed by atoms with E-state index in [4.69, 9.17) is 9.47 Å². The van der Waals surface area contributed by atoms with Gasteiger partial charge >= 0.3 is 5.69 Å². The van der Waals surface area contributed by atoms with Gasteiger partial charge in [0.1, 0.15) is 6.10 Å². The Bertz CT molecular complexity index is 578. The predicted octanol–water partition coefficient (Wildman–Crippen LogP) is 0.249. The van der Waals surface area contributed by atoms with Crippen LogP contribution in [-0.4, -0.2) is 27.9 Å². The molecular formula is C12H16N2O4. The van der Waals surface area contributed by atoms with Crippen molar-refractivity contribution >= 4 is 0 Å². The molecular weight excluding hydrogens is 236 g/mol. The molecule has 1 aromatic rings. The van der Waals surface area contributed by atoms with Gasteiger partial charge in [0.05, 0.1) is 12.2 Å². The van der Waals surface area contributed by atoms with Gasteiger partial charge < -0.3 is 9.47 Å². The molecule has 6 nitrogen and oxygen atoms in total. The highest BCUT2D eigenvalue weighted by Gasteiger charge is 2.58. The first-order valence-electron chi connectivity index (χ1n) is 6.18. The number of H-pyrrole nitrogens is 1. The lowest BCUT2D eigenvalue weighted by Gasteiger charge is -2.30. The summed E-state index contributed by atoms with van der Waals surface area (Å²) in [4.78, 5) is 25.1. The maximum absolute atomic E-state index is 11.8. The van der Waals surface area contributed by atoms with Crippen molar-refractivity contribution in [1.82, 2.24) is 9.55 Å². The Hall–Kier alpha value is -1.40. The zero-order valence-electron chi connectivity index (χ0n) is 10.4. The second-order valence-electron chi connectivity index (χ2n) is 5.01. The summed E-state index contributed by atoms with van der Waals surface area (Å²) >= 11 is 0. The van der Waals surface area contributed by atoms with Crippen LogP contribution in [0.5, 0.6) is 0 Å². The van der Waals surface area contributed by atoms with Crippen LogP contribution in [-0.2, 0) is 9.47 Å². The van der Waals surface area contributed by atoms with Gasteiger partial charge in [-0.2, -0.15) is 0 Å². The van der Waals surface area contributed by atoms with Gasteiger partial charge in [0.25, 0.3) is 5.56 Å². The maximum Gasteiger partial charge on any atom is 0.330 e. The van der Waals surface area contributed by atoms with E-state index in [1.54, 1.807) is 0 Å². The predicted molar refractivity (Wildman–Crippen MR) is 63.4 cm³/mol. The molecule has 1 unspecified atom stereocenters. The Morgan fingerprint density at radius 2 is 2.33 bits per heavy atom. The van der Waals surface area contributed by atoms with Gasteiger partial charge in [-0.25, -0.2) is 4.79 Å².